The summed E-state index contributed by atoms with van der Waals surface area (Å²) in [6.07, 6.45) is -1.66. The van der Waals surface area contributed by atoms with Crippen molar-refractivity contribution in [1.82, 2.24) is 0 Å². The maximum atomic E-state index is 12.8. The van der Waals surface area contributed by atoms with Crippen LogP contribution in [-0.4, -0.2) is 5.97 Å². The molecule has 2 aromatic carbocycles. The highest BCUT2D eigenvalue weighted by Gasteiger charge is 2.30. The first kappa shape index (κ1) is 15.1. The van der Waals surface area contributed by atoms with Gasteiger partial charge in [0, 0.05) is 11.6 Å². The van der Waals surface area contributed by atoms with Crippen LogP contribution in [0, 0.1) is 0 Å². The molecular weight excluding hydrogens is 305 g/mol. The van der Waals surface area contributed by atoms with Gasteiger partial charge in [0.25, 0.3) is 0 Å². The average molecular weight is 316 g/mol. The Hall–Kier alpha value is -2.82. The molecule has 0 atom stereocenters. The van der Waals surface area contributed by atoms with E-state index in [4.69, 9.17) is 4.74 Å². The van der Waals surface area contributed by atoms with Crippen LogP contribution in [0.15, 0.2) is 66.4 Å². The fourth-order valence-electron chi connectivity index (χ4n) is 2.29. The number of halogens is 3. The molecule has 0 unspecified atom stereocenters. The Bertz CT molecular complexity index is 803. The minimum atomic E-state index is -4.42. The number of ether oxygens (including phenoxy) is 1. The Balaban J connectivity index is 1.99. The molecule has 3 rings (SSSR count). The second-order valence-electron chi connectivity index (χ2n) is 4.98. The Kier molecular flexibility index (Phi) is 3.78. The molecule has 0 aliphatic carbocycles. The number of benzene rings is 2. The van der Waals surface area contributed by atoms with Gasteiger partial charge < -0.3 is 4.74 Å². The maximum Gasteiger partial charge on any atom is 0.416 e. The quantitative estimate of drug-likeness (QED) is 0.752. The molecule has 0 N–H and O–H groups in total. The summed E-state index contributed by atoms with van der Waals surface area (Å²) in [5, 5.41) is 0. The highest BCUT2D eigenvalue weighted by Crippen LogP contribution is 2.33. The van der Waals surface area contributed by atoms with Gasteiger partial charge in [0.05, 0.1) is 5.56 Å². The van der Waals surface area contributed by atoms with Crippen LogP contribution in [-0.2, 0) is 15.7 Å². The van der Waals surface area contributed by atoms with Crippen LogP contribution in [0.5, 0.6) is 0 Å². The number of hydrogen-bond donors (Lipinski definition) is 0. The fourth-order valence-corrected chi connectivity index (χ4v) is 2.29. The summed E-state index contributed by atoms with van der Waals surface area (Å²) in [5.74, 6) is -0.303. The van der Waals surface area contributed by atoms with Crippen molar-refractivity contribution >= 4 is 17.6 Å². The molecule has 0 spiro atoms. The third-order valence-electron chi connectivity index (χ3n) is 3.33. The van der Waals surface area contributed by atoms with E-state index in [9.17, 15) is 18.0 Å². The van der Waals surface area contributed by atoms with Crippen molar-refractivity contribution < 1.29 is 22.7 Å². The Labute approximate surface area is 130 Å². The van der Waals surface area contributed by atoms with Gasteiger partial charge in [-0.25, -0.2) is 4.79 Å². The standard InChI is InChI=1S/C18H11F3O2/c19-18(20,21)14-8-4-5-12(9-14)10-16-15(11-17(22)23-16)13-6-2-1-3-7-13/h1-11H. The van der Waals surface area contributed by atoms with Crippen LogP contribution in [0.25, 0.3) is 11.6 Å². The van der Waals surface area contributed by atoms with E-state index in [1.165, 1.54) is 24.3 Å². The van der Waals surface area contributed by atoms with Gasteiger partial charge in [0.15, 0.2) is 0 Å². The van der Waals surface area contributed by atoms with E-state index in [1.54, 1.807) is 24.3 Å². The van der Waals surface area contributed by atoms with Crippen LogP contribution in [0.1, 0.15) is 16.7 Å². The molecule has 0 radical (unpaired) electrons. The van der Waals surface area contributed by atoms with Crippen molar-refractivity contribution in [3.63, 3.8) is 0 Å². The normalized spacial score (nSPS) is 16.4. The van der Waals surface area contributed by atoms with Crippen molar-refractivity contribution in [1.29, 1.82) is 0 Å². The minimum absolute atomic E-state index is 0.237. The third-order valence-corrected chi connectivity index (χ3v) is 3.33. The zero-order valence-electron chi connectivity index (χ0n) is 11.8. The van der Waals surface area contributed by atoms with Gasteiger partial charge >= 0.3 is 12.1 Å². The molecule has 23 heavy (non-hydrogen) atoms. The number of allylic oxidation sites excluding steroid dienone is 1. The second kappa shape index (κ2) is 5.76. The number of esters is 1. The third kappa shape index (κ3) is 3.34. The lowest BCUT2D eigenvalue weighted by atomic mass is 10.0. The highest BCUT2D eigenvalue weighted by molar-refractivity contribution is 6.03. The molecule has 0 amide bonds. The summed E-state index contributed by atoms with van der Waals surface area (Å²) in [6.45, 7) is 0. The molecule has 0 bridgehead atoms. The molecule has 2 aromatic rings. The molecule has 0 fully saturated rings. The van der Waals surface area contributed by atoms with Gasteiger partial charge in [0.2, 0.25) is 0 Å². The van der Waals surface area contributed by atoms with Crippen molar-refractivity contribution in [2.24, 2.45) is 0 Å². The minimum Gasteiger partial charge on any atom is -0.423 e. The number of cyclic esters (lactones) is 1. The smallest absolute Gasteiger partial charge is 0.416 e. The van der Waals surface area contributed by atoms with Crippen LogP contribution in [0.2, 0.25) is 0 Å². The summed E-state index contributed by atoms with van der Waals surface area (Å²) in [7, 11) is 0. The lowest BCUT2D eigenvalue weighted by molar-refractivity contribution is -0.137. The van der Waals surface area contributed by atoms with E-state index in [-0.39, 0.29) is 5.76 Å². The molecule has 0 aromatic heterocycles. The lowest BCUT2D eigenvalue weighted by Crippen LogP contribution is -2.04. The van der Waals surface area contributed by atoms with E-state index in [1.807, 2.05) is 6.07 Å². The van der Waals surface area contributed by atoms with Gasteiger partial charge in [-0.05, 0) is 29.3 Å². The van der Waals surface area contributed by atoms with E-state index >= 15 is 0 Å². The number of carbonyl (C=O) groups is 1. The van der Waals surface area contributed by atoms with E-state index in [0.717, 1.165) is 17.7 Å². The van der Waals surface area contributed by atoms with E-state index < -0.39 is 17.7 Å². The number of rotatable bonds is 2. The van der Waals surface area contributed by atoms with Crippen molar-refractivity contribution in [2.75, 3.05) is 0 Å². The Morgan fingerprint density at radius 3 is 2.39 bits per heavy atom. The molecule has 1 aliphatic rings. The predicted molar refractivity (Wildman–Crippen MR) is 79.9 cm³/mol. The predicted octanol–water partition coefficient (Wildman–Crippen LogP) is 4.69. The van der Waals surface area contributed by atoms with Crippen molar-refractivity contribution in [3.8, 4) is 0 Å². The van der Waals surface area contributed by atoms with Crippen LogP contribution in [0.3, 0.4) is 0 Å². The molecule has 2 nitrogen and oxygen atoms in total. The summed E-state index contributed by atoms with van der Waals surface area (Å²) in [4.78, 5) is 11.5. The van der Waals surface area contributed by atoms with E-state index in [0.29, 0.717) is 11.1 Å². The summed E-state index contributed by atoms with van der Waals surface area (Å²) in [5.41, 5.74) is 0.873. The van der Waals surface area contributed by atoms with Gasteiger partial charge in [0.1, 0.15) is 5.76 Å². The Morgan fingerprint density at radius 2 is 1.70 bits per heavy atom. The van der Waals surface area contributed by atoms with Crippen LogP contribution < -0.4 is 0 Å². The van der Waals surface area contributed by atoms with Gasteiger partial charge in [-0.2, -0.15) is 13.2 Å². The van der Waals surface area contributed by atoms with Crippen molar-refractivity contribution in [2.45, 2.75) is 6.18 Å². The lowest BCUT2D eigenvalue weighted by Gasteiger charge is -2.08. The first-order chi connectivity index (χ1) is 10.9. The largest absolute Gasteiger partial charge is 0.423 e. The number of hydrogen-bond acceptors (Lipinski definition) is 2. The molecule has 0 saturated carbocycles. The topological polar surface area (TPSA) is 26.3 Å². The van der Waals surface area contributed by atoms with Crippen LogP contribution >= 0.6 is 0 Å². The zero-order chi connectivity index (χ0) is 16.4. The number of alkyl halides is 3. The monoisotopic (exact) mass is 316 g/mol. The molecule has 1 heterocycles. The van der Waals surface area contributed by atoms with Gasteiger partial charge in [-0.15, -0.1) is 0 Å². The van der Waals surface area contributed by atoms with Gasteiger partial charge in [-0.1, -0.05) is 42.5 Å². The molecule has 116 valence electrons. The van der Waals surface area contributed by atoms with E-state index in [2.05, 4.69) is 0 Å². The first-order valence-corrected chi connectivity index (χ1v) is 6.82. The second-order valence-corrected chi connectivity index (χ2v) is 4.98. The highest BCUT2D eigenvalue weighted by atomic mass is 19.4. The maximum absolute atomic E-state index is 12.8. The van der Waals surface area contributed by atoms with Gasteiger partial charge in [-0.3, -0.25) is 0 Å². The number of carbonyl (C=O) groups excluding carboxylic acids is 1. The molecule has 1 aliphatic heterocycles. The molecule has 5 heteroatoms. The first-order valence-electron chi connectivity index (χ1n) is 6.82. The van der Waals surface area contributed by atoms with Crippen LogP contribution in [0.4, 0.5) is 13.2 Å². The Morgan fingerprint density at radius 1 is 0.957 bits per heavy atom. The molecule has 0 saturated heterocycles. The fraction of sp³-hybridized carbons (Fsp3) is 0.0556. The summed E-state index contributed by atoms with van der Waals surface area (Å²) >= 11 is 0. The zero-order valence-corrected chi connectivity index (χ0v) is 11.8. The SMILES string of the molecule is O=C1C=C(c2ccccc2)C(=Cc2cccc(C(F)(F)F)c2)O1. The summed E-state index contributed by atoms with van der Waals surface area (Å²) in [6, 6.07) is 13.9. The van der Waals surface area contributed by atoms with Crippen molar-refractivity contribution in [3.05, 3.63) is 83.1 Å². The molecular formula is C18H11F3O2. The average Bonchev–Trinajstić information content (AvgIpc) is 2.88. The summed E-state index contributed by atoms with van der Waals surface area (Å²) < 4.78 is 43.4.